The second-order valence-electron chi connectivity index (χ2n) is 7.05. The Morgan fingerprint density at radius 3 is 1.56 bits per heavy atom. The fourth-order valence-electron chi connectivity index (χ4n) is 3.90. The van der Waals surface area contributed by atoms with E-state index < -0.39 is 12.9 Å². The molecular weight excluding hydrogens is 435 g/mol. The lowest BCUT2D eigenvalue weighted by molar-refractivity contribution is -0.134. The maximum absolute atomic E-state index is 14.0. The Hall–Kier alpha value is -3.20. The van der Waals surface area contributed by atoms with Crippen molar-refractivity contribution in [1.29, 1.82) is 0 Å². The quantitative estimate of drug-likeness (QED) is 0.175. The van der Waals surface area contributed by atoms with E-state index in [9.17, 15) is 9.59 Å². The van der Waals surface area contributed by atoms with Crippen molar-refractivity contribution in [2.75, 3.05) is 6.61 Å². The van der Waals surface area contributed by atoms with E-state index in [2.05, 4.69) is 0 Å². The number of carbonyl (C=O) groups excluding carboxylic acids is 2. The Labute approximate surface area is 192 Å². The highest BCUT2D eigenvalue weighted by molar-refractivity contribution is 7.97. The van der Waals surface area contributed by atoms with E-state index in [1.807, 2.05) is 102 Å². The van der Waals surface area contributed by atoms with Crippen LogP contribution in [-0.2, 0) is 9.53 Å². The van der Waals surface area contributed by atoms with Gasteiger partial charge in [-0.15, -0.1) is 11.3 Å². The van der Waals surface area contributed by atoms with Crippen LogP contribution in [-0.4, -0.2) is 23.7 Å². The molecule has 4 rings (SSSR count). The molecule has 1 heterocycles. The molecule has 0 N–H and O–H groups in total. The van der Waals surface area contributed by atoms with Crippen LogP contribution in [0.15, 0.2) is 109 Å². The molecule has 5 heteroatoms. The number of thiophene rings is 1. The Bertz CT molecular complexity index is 1140. The number of ketones is 1. The first kappa shape index (κ1) is 22.0. The van der Waals surface area contributed by atoms with E-state index in [1.54, 1.807) is 13.0 Å². The highest BCUT2D eigenvalue weighted by atomic mass is 32.1. The van der Waals surface area contributed by atoms with Crippen LogP contribution in [0.25, 0.3) is 0 Å². The highest BCUT2D eigenvalue weighted by Gasteiger charge is 2.38. The molecule has 0 fully saturated rings. The van der Waals surface area contributed by atoms with Crippen molar-refractivity contribution >= 4 is 51.2 Å². The average molecular weight is 459 g/mol. The molecule has 0 saturated carbocycles. The van der Waals surface area contributed by atoms with Crippen molar-refractivity contribution in [3.63, 3.8) is 0 Å². The first-order valence-electron chi connectivity index (χ1n) is 10.4. The van der Waals surface area contributed by atoms with Crippen LogP contribution in [0.2, 0.25) is 0 Å². The molecule has 0 unspecified atom stereocenters. The fraction of sp³-hybridized carbons (Fsp3) is 0.0741. The zero-order chi connectivity index (χ0) is 22.4. The molecule has 0 aliphatic rings. The van der Waals surface area contributed by atoms with Crippen LogP contribution in [0, 0.1) is 0 Å². The normalized spacial score (nSPS) is 11.0. The first-order valence-corrected chi connectivity index (χ1v) is 13.0. The van der Waals surface area contributed by atoms with E-state index >= 15 is 0 Å². The Balaban J connectivity index is 2.26. The largest absolute Gasteiger partial charge is 0.462 e. The topological polar surface area (TPSA) is 43.4 Å². The molecule has 3 nitrogen and oxygen atoms in total. The predicted octanol–water partition coefficient (Wildman–Crippen LogP) is 4.66. The summed E-state index contributed by atoms with van der Waals surface area (Å²) in [5.41, 5.74) is 0. The van der Waals surface area contributed by atoms with Crippen LogP contribution in [0.5, 0.6) is 0 Å². The van der Waals surface area contributed by atoms with Crippen molar-refractivity contribution in [3.05, 3.63) is 113 Å². The van der Waals surface area contributed by atoms with Gasteiger partial charge in [-0.1, -0.05) is 97.1 Å². The maximum Gasteiger partial charge on any atom is 0.343 e. The van der Waals surface area contributed by atoms with E-state index in [1.165, 1.54) is 11.3 Å². The lowest BCUT2D eigenvalue weighted by atomic mass is 10.2. The van der Waals surface area contributed by atoms with Gasteiger partial charge >= 0.3 is 5.97 Å². The van der Waals surface area contributed by atoms with Crippen molar-refractivity contribution in [2.24, 2.45) is 0 Å². The Morgan fingerprint density at radius 1 is 0.719 bits per heavy atom. The standard InChI is InChI=1S/C27H23O3PS/c1-2-30-27(29)26(25(28)24-19-12-20-32-24)31(21-13-6-3-7-14-21,22-15-8-4-9-16-22)23-17-10-5-11-18-23/h3-20H,2H2,1H3. The molecule has 160 valence electrons. The predicted molar refractivity (Wildman–Crippen MR) is 135 cm³/mol. The van der Waals surface area contributed by atoms with E-state index in [-0.39, 0.29) is 17.7 Å². The van der Waals surface area contributed by atoms with Crippen LogP contribution in [0.4, 0.5) is 0 Å². The van der Waals surface area contributed by atoms with Gasteiger partial charge in [0.1, 0.15) is 5.29 Å². The summed E-state index contributed by atoms with van der Waals surface area (Å²) in [6.07, 6.45) is 0. The Kier molecular flexibility index (Phi) is 6.84. The number of Topliss-reactive ketones (excluding diaryl/α,β-unsaturated/α-hetero) is 1. The number of ether oxygens (including phenoxy) is 1. The summed E-state index contributed by atoms with van der Waals surface area (Å²) in [5.74, 6) is -0.834. The SMILES string of the molecule is CCOC(=O)C(C(=O)c1cccs1)=P(c1ccccc1)(c1ccccc1)c1ccccc1. The molecule has 4 aromatic rings. The van der Waals surface area contributed by atoms with Gasteiger partial charge in [-0.3, -0.25) is 4.79 Å². The van der Waals surface area contributed by atoms with Crippen LogP contribution < -0.4 is 15.9 Å². The summed E-state index contributed by atoms with van der Waals surface area (Å²) in [6, 6.07) is 33.2. The number of benzene rings is 3. The molecule has 32 heavy (non-hydrogen) atoms. The molecule has 0 bridgehead atoms. The summed E-state index contributed by atoms with van der Waals surface area (Å²) < 4.78 is 5.53. The monoisotopic (exact) mass is 458 g/mol. The van der Waals surface area contributed by atoms with Gasteiger partial charge in [0.15, 0.2) is 0 Å². The number of carbonyl (C=O) groups is 2. The van der Waals surface area contributed by atoms with Crippen LogP contribution in [0.3, 0.4) is 0 Å². The number of rotatable bonds is 7. The lowest BCUT2D eigenvalue weighted by Crippen LogP contribution is -2.38. The molecule has 0 saturated heterocycles. The second kappa shape index (κ2) is 9.95. The molecule has 0 radical (unpaired) electrons. The minimum atomic E-state index is -2.85. The van der Waals surface area contributed by atoms with Crippen LogP contribution in [0.1, 0.15) is 16.6 Å². The second-order valence-corrected chi connectivity index (χ2v) is 11.3. The third kappa shape index (κ3) is 4.00. The molecule has 0 aliphatic carbocycles. The molecular formula is C27H23O3PS. The number of hydrogen-bond acceptors (Lipinski definition) is 4. The molecule has 0 spiro atoms. The van der Waals surface area contributed by atoms with Gasteiger partial charge < -0.3 is 4.74 Å². The third-order valence-electron chi connectivity index (χ3n) is 5.19. The van der Waals surface area contributed by atoms with Crippen molar-refractivity contribution < 1.29 is 14.3 Å². The average Bonchev–Trinajstić information content (AvgIpc) is 3.39. The summed E-state index contributed by atoms with van der Waals surface area (Å²) in [4.78, 5) is 28.1. The molecule has 1 aromatic heterocycles. The fourth-order valence-corrected chi connectivity index (χ4v) is 8.93. The molecule has 0 amide bonds. The Morgan fingerprint density at radius 2 is 1.19 bits per heavy atom. The summed E-state index contributed by atoms with van der Waals surface area (Å²) in [5, 5.41) is 4.86. The molecule has 3 aromatic carbocycles. The van der Waals surface area contributed by atoms with Gasteiger partial charge in [-0.25, -0.2) is 4.79 Å². The van der Waals surface area contributed by atoms with E-state index in [4.69, 9.17) is 4.74 Å². The van der Waals surface area contributed by atoms with Crippen LogP contribution >= 0.6 is 18.2 Å². The summed E-state index contributed by atoms with van der Waals surface area (Å²) >= 11 is 1.34. The van der Waals surface area contributed by atoms with Gasteiger partial charge in [-0.2, -0.15) is 0 Å². The number of esters is 1. The summed E-state index contributed by atoms with van der Waals surface area (Å²) in [7, 11) is 0. The smallest absolute Gasteiger partial charge is 0.343 e. The minimum absolute atomic E-state index is 0.193. The minimum Gasteiger partial charge on any atom is -0.462 e. The third-order valence-corrected chi connectivity index (χ3v) is 10.3. The lowest BCUT2D eigenvalue weighted by Gasteiger charge is -2.31. The van der Waals surface area contributed by atoms with Crippen molar-refractivity contribution in [3.8, 4) is 0 Å². The van der Waals surface area contributed by atoms with E-state index in [0.717, 1.165) is 15.9 Å². The van der Waals surface area contributed by atoms with Gasteiger partial charge in [0, 0.05) is 0 Å². The van der Waals surface area contributed by atoms with Gasteiger partial charge in [-0.05, 0) is 41.2 Å². The molecule has 0 atom stereocenters. The highest BCUT2D eigenvalue weighted by Crippen LogP contribution is 2.47. The molecule has 0 aliphatic heterocycles. The summed E-state index contributed by atoms with van der Waals surface area (Å²) in [6.45, 7) is -0.892. The maximum atomic E-state index is 14.0. The van der Waals surface area contributed by atoms with Gasteiger partial charge in [0.25, 0.3) is 0 Å². The van der Waals surface area contributed by atoms with E-state index in [0.29, 0.717) is 4.88 Å². The number of hydrogen-bond donors (Lipinski definition) is 0. The van der Waals surface area contributed by atoms with Gasteiger partial charge in [0.2, 0.25) is 5.78 Å². The van der Waals surface area contributed by atoms with Gasteiger partial charge in [0.05, 0.1) is 11.5 Å². The zero-order valence-electron chi connectivity index (χ0n) is 17.7. The van der Waals surface area contributed by atoms with Crippen molar-refractivity contribution in [2.45, 2.75) is 6.92 Å². The zero-order valence-corrected chi connectivity index (χ0v) is 19.4. The van der Waals surface area contributed by atoms with Crippen molar-refractivity contribution in [1.82, 2.24) is 0 Å². The first-order chi connectivity index (χ1) is 15.7.